The van der Waals surface area contributed by atoms with Gasteiger partial charge in [-0.1, -0.05) is 0 Å². The first-order valence-electron chi connectivity index (χ1n) is 3.08. The molecule has 11 heavy (non-hydrogen) atoms. The van der Waals surface area contributed by atoms with E-state index in [1.807, 2.05) is 0 Å². The Labute approximate surface area is 63.0 Å². The summed E-state index contributed by atoms with van der Waals surface area (Å²) in [4.78, 5) is 13.8. The van der Waals surface area contributed by atoms with E-state index in [2.05, 4.69) is 10.3 Å². The van der Waals surface area contributed by atoms with Crippen LogP contribution in [0.3, 0.4) is 0 Å². The van der Waals surface area contributed by atoms with Crippen LogP contribution in [-0.2, 0) is 9.53 Å². The number of ether oxygens (including phenoxy) is 1. The third-order valence-corrected chi connectivity index (χ3v) is 1.14. The molecule has 6 nitrogen and oxygen atoms in total. The van der Waals surface area contributed by atoms with E-state index in [0.29, 0.717) is 12.5 Å². The Morgan fingerprint density at radius 2 is 2.73 bits per heavy atom. The lowest BCUT2D eigenvalue weighted by Gasteiger charge is -2.08. The summed E-state index contributed by atoms with van der Waals surface area (Å²) in [6.45, 7) is 0.0413. The van der Waals surface area contributed by atoms with Crippen LogP contribution < -0.4 is 11.1 Å². The molecule has 1 aliphatic rings. The van der Waals surface area contributed by atoms with E-state index in [0.717, 1.165) is 0 Å². The first-order chi connectivity index (χ1) is 5.18. The van der Waals surface area contributed by atoms with E-state index in [1.165, 1.54) is 0 Å². The van der Waals surface area contributed by atoms with Crippen molar-refractivity contribution in [1.29, 1.82) is 0 Å². The van der Waals surface area contributed by atoms with Crippen molar-refractivity contribution in [3.05, 3.63) is 0 Å². The van der Waals surface area contributed by atoms with Crippen molar-refractivity contribution >= 4 is 11.9 Å². The second-order valence-electron chi connectivity index (χ2n) is 2.06. The van der Waals surface area contributed by atoms with Gasteiger partial charge in [0, 0.05) is 0 Å². The van der Waals surface area contributed by atoms with Crippen molar-refractivity contribution in [2.75, 3.05) is 13.2 Å². The van der Waals surface area contributed by atoms with Crippen LogP contribution in [-0.4, -0.2) is 36.4 Å². The molecule has 6 heteroatoms. The maximum atomic E-state index is 10.0. The van der Waals surface area contributed by atoms with Gasteiger partial charge in [-0.15, -0.1) is 0 Å². The number of nitrogens with two attached hydrogens (primary N) is 1. The average molecular weight is 159 g/mol. The van der Waals surface area contributed by atoms with Gasteiger partial charge in [-0.2, -0.15) is 0 Å². The van der Waals surface area contributed by atoms with Crippen molar-refractivity contribution in [3.8, 4) is 0 Å². The molecule has 0 saturated carbocycles. The predicted octanol–water partition coefficient (Wildman–Crippen LogP) is -1.67. The number of nitrogens with zero attached hydrogens (tertiary/aromatic N) is 1. The van der Waals surface area contributed by atoms with Crippen LogP contribution in [0.25, 0.3) is 0 Å². The summed E-state index contributed by atoms with van der Waals surface area (Å²) in [5.41, 5.74) is 5.24. The third kappa shape index (κ3) is 2.42. The fourth-order valence-electron chi connectivity index (χ4n) is 0.704. The molecule has 1 unspecified atom stereocenters. The van der Waals surface area contributed by atoms with Crippen LogP contribution in [0.15, 0.2) is 4.99 Å². The van der Waals surface area contributed by atoms with Gasteiger partial charge in [-0.3, -0.25) is 0 Å². The van der Waals surface area contributed by atoms with Crippen molar-refractivity contribution in [2.45, 2.75) is 6.23 Å². The highest BCUT2D eigenvalue weighted by Crippen LogP contribution is 1.94. The number of rotatable bonds is 3. The average Bonchev–Trinajstić information content (AvgIpc) is 2.31. The van der Waals surface area contributed by atoms with Gasteiger partial charge >= 0.3 is 5.97 Å². The van der Waals surface area contributed by atoms with E-state index in [-0.39, 0.29) is 12.8 Å². The lowest BCUT2D eigenvalue weighted by Crippen LogP contribution is -2.37. The Morgan fingerprint density at radius 1 is 2.00 bits per heavy atom. The molecule has 0 bridgehead atoms. The summed E-state index contributed by atoms with van der Waals surface area (Å²) < 4.78 is 4.83. The molecule has 1 heterocycles. The van der Waals surface area contributed by atoms with Crippen molar-refractivity contribution in [1.82, 2.24) is 5.32 Å². The van der Waals surface area contributed by atoms with Gasteiger partial charge in [-0.05, 0) is 0 Å². The zero-order valence-electron chi connectivity index (χ0n) is 5.78. The summed E-state index contributed by atoms with van der Waals surface area (Å²) in [7, 11) is 0. The van der Waals surface area contributed by atoms with Crippen LogP contribution in [0.5, 0.6) is 0 Å². The van der Waals surface area contributed by atoms with Gasteiger partial charge < -0.3 is 20.9 Å². The van der Waals surface area contributed by atoms with Gasteiger partial charge in [0.05, 0.1) is 6.54 Å². The molecule has 1 atom stereocenters. The maximum absolute atomic E-state index is 10.0. The number of guanidine groups is 1. The van der Waals surface area contributed by atoms with Crippen LogP contribution in [0.4, 0.5) is 0 Å². The number of hydrogen-bond donors (Lipinski definition) is 3. The highest BCUT2D eigenvalue weighted by atomic mass is 16.5. The molecule has 62 valence electrons. The van der Waals surface area contributed by atoms with Crippen LogP contribution >= 0.6 is 0 Å². The molecule has 0 aromatic rings. The van der Waals surface area contributed by atoms with E-state index in [9.17, 15) is 4.79 Å². The molecular formula is C5H9N3O3. The van der Waals surface area contributed by atoms with Crippen LogP contribution in [0.1, 0.15) is 0 Å². The molecule has 0 radical (unpaired) electrons. The molecule has 0 saturated heterocycles. The normalized spacial score (nSPS) is 22.5. The summed E-state index contributed by atoms with van der Waals surface area (Å²) in [6, 6.07) is 0. The number of hydrogen-bond acceptors (Lipinski definition) is 5. The number of nitrogens with one attached hydrogen (secondary N) is 1. The van der Waals surface area contributed by atoms with Crippen molar-refractivity contribution in [3.63, 3.8) is 0 Å². The van der Waals surface area contributed by atoms with Gasteiger partial charge in [0.25, 0.3) is 0 Å². The Morgan fingerprint density at radius 3 is 3.18 bits per heavy atom. The molecule has 0 aliphatic carbocycles. The van der Waals surface area contributed by atoms with Crippen molar-refractivity contribution < 1.29 is 14.6 Å². The molecule has 1 rings (SSSR count). The second-order valence-corrected chi connectivity index (χ2v) is 2.06. The minimum atomic E-state index is -1.00. The van der Waals surface area contributed by atoms with Crippen molar-refractivity contribution in [2.24, 2.45) is 10.7 Å². The highest BCUT2D eigenvalue weighted by Gasteiger charge is 2.15. The third-order valence-electron chi connectivity index (χ3n) is 1.14. The molecule has 0 fully saturated rings. The largest absolute Gasteiger partial charge is 0.480 e. The summed E-state index contributed by atoms with van der Waals surface area (Å²) in [6.07, 6.45) is -0.383. The number of aliphatic carboxylic acids is 1. The minimum Gasteiger partial charge on any atom is -0.480 e. The Kier molecular flexibility index (Phi) is 2.27. The first-order valence-corrected chi connectivity index (χ1v) is 3.08. The Bertz CT molecular complexity index is 191. The first kappa shape index (κ1) is 7.80. The standard InChI is InChI=1S/C5H9N3O3/c6-5-7-1-3(8-5)11-2-4(9)10/h3H,1-2H2,(H,9,10)(H3,6,7,8). The molecule has 0 spiro atoms. The molecule has 0 amide bonds. The SMILES string of the molecule is NC1=NCC(OCC(=O)O)N1. The number of aliphatic imine (C=N–C) groups is 1. The zero-order valence-corrected chi connectivity index (χ0v) is 5.78. The number of carboxylic acids is 1. The molecule has 1 aliphatic heterocycles. The monoisotopic (exact) mass is 159 g/mol. The summed E-state index contributed by atoms with van der Waals surface area (Å²) in [5, 5.41) is 10.9. The molecule has 4 N–H and O–H groups in total. The topological polar surface area (TPSA) is 96.9 Å². The van der Waals surface area contributed by atoms with Gasteiger partial charge in [-0.25, -0.2) is 9.79 Å². The fourth-order valence-corrected chi connectivity index (χ4v) is 0.704. The van der Waals surface area contributed by atoms with E-state index in [1.54, 1.807) is 0 Å². The van der Waals surface area contributed by atoms with Crippen LogP contribution in [0.2, 0.25) is 0 Å². The number of carbonyl (C=O) groups is 1. The Balaban J connectivity index is 2.16. The maximum Gasteiger partial charge on any atom is 0.329 e. The van der Waals surface area contributed by atoms with Crippen LogP contribution in [0, 0.1) is 0 Å². The lowest BCUT2D eigenvalue weighted by atomic mass is 10.6. The van der Waals surface area contributed by atoms with E-state index >= 15 is 0 Å². The van der Waals surface area contributed by atoms with Gasteiger partial charge in [0.2, 0.25) is 0 Å². The molecule has 0 aromatic carbocycles. The lowest BCUT2D eigenvalue weighted by molar-refractivity contribution is -0.144. The highest BCUT2D eigenvalue weighted by molar-refractivity contribution is 5.79. The fraction of sp³-hybridized carbons (Fsp3) is 0.600. The Hall–Kier alpha value is -1.30. The zero-order chi connectivity index (χ0) is 8.27. The van der Waals surface area contributed by atoms with E-state index < -0.39 is 5.97 Å². The van der Waals surface area contributed by atoms with Gasteiger partial charge in [0.1, 0.15) is 6.61 Å². The predicted molar refractivity (Wildman–Crippen MR) is 37.0 cm³/mol. The minimum absolute atomic E-state index is 0.292. The van der Waals surface area contributed by atoms with E-state index in [4.69, 9.17) is 15.6 Å². The van der Waals surface area contributed by atoms with Gasteiger partial charge in [0.15, 0.2) is 12.2 Å². The number of carboxylic acid groups (broad SMARTS) is 1. The summed E-state index contributed by atoms with van der Waals surface area (Å²) in [5.74, 6) is -0.710. The summed E-state index contributed by atoms with van der Waals surface area (Å²) >= 11 is 0. The molecular weight excluding hydrogens is 150 g/mol. The quantitative estimate of drug-likeness (QED) is 0.457. The second kappa shape index (κ2) is 3.20. The molecule has 0 aromatic heterocycles. The smallest absolute Gasteiger partial charge is 0.329 e.